The summed E-state index contributed by atoms with van der Waals surface area (Å²) in [6, 6.07) is -0.358. The summed E-state index contributed by atoms with van der Waals surface area (Å²) in [6.45, 7) is 3.25. The maximum atomic E-state index is 11.1. The molecule has 0 aromatic carbocycles. The monoisotopic (exact) mass is 173 g/mol. The third kappa shape index (κ3) is 5.09. The van der Waals surface area contributed by atoms with E-state index in [1.807, 2.05) is 6.92 Å². The number of hydrogen-bond donors (Lipinski definition) is 3. The zero-order valence-corrected chi connectivity index (χ0v) is 7.68. The number of carbonyl (C=O) groups is 1. The van der Waals surface area contributed by atoms with Gasteiger partial charge in [-0.05, 0) is 25.8 Å². The molecule has 0 bridgehead atoms. The van der Waals surface area contributed by atoms with Gasteiger partial charge in [0.05, 0.1) is 6.04 Å². The van der Waals surface area contributed by atoms with Crippen LogP contribution in [-0.4, -0.2) is 25.0 Å². The van der Waals surface area contributed by atoms with Gasteiger partial charge in [-0.2, -0.15) is 0 Å². The Hall–Kier alpha value is -0.610. The second-order valence-electron chi connectivity index (χ2n) is 2.80. The molecule has 4 nitrogen and oxygen atoms in total. The van der Waals surface area contributed by atoms with Gasteiger partial charge in [-0.25, -0.2) is 0 Å². The molecule has 0 spiro atoms. The van der Waals surface area contributed by atoms with E-state index in [-0.39, 0.29) is 11.9 Å². The van der Waals surface area contributed by atoms with E-state index < -0.39 is 0 Å². The molecule has 0 aliphatic heterocycles. The van der Waals surface area contributed by atoms with Crippen molar-refractivity contribution in [1.82, 2.24) is 5.32 Å². The Morgan fingerprint density at radius 2 is 2.17 bits per heavy atom. The predicted molar refractivity (Wildman–Crippen MR) is 49.6 cm³/mol. The molecule has 0 fully saturated rings. The maximum Gasteiger partial charge on any atom is 0.236 e. The zero-order chi connectivity index (χ0) is 9.40. The van der Waals surface area contributed by atoms with Crippen molar-refractivity contribution < 1.29 is 4.79 Å². The summed E-state index contributed by atoms with van der Waals surface area (Å²) < 4.78 is 0. The number of amides is 1. The van der Waals surface area contributed by atoms with Crippen molar-refractivity contribution in [2.75, 3.05) is 13.1 Å². The van der Waals surface area contributed by atoms with E-state index >= 15 is 0 Å². The standard InChI is InChI=1S/C8H19N3O/c1-2-7(10)8(12)11-6-4-3-5-9/h7H,2-6,9-10H2,1H3,(H,11,12)/t7-/m0/s1. The molecule has 0 unspecified atom stereocenters. The molecule has 0 aromatic rings. The highest BCUT2D eigenvalue weighted by atomic mass is 16.2. The second-order valence-corrected chi connectivity index (χ2v) is 2.80. The van der Waals surface area contributed by atoms with E-state index in [1.165, 1.54) is 0 Å². The maximum absolute atomic E-state index is 11.1. The average Bonchev–Trinajstić information content (AvgIpc) is 2.10. The van der Waals surface area contributed by atoms with Crippen LogP contribution in [0.4, 0.5) is 0 Å². The van der Waals surface area contributed by atoms with Crippen molar-refractivity contribution in [2.24, 2.45) is 11.5 Å². The Morgan fingerprint density at radius 3 is 2.67 bits per heavy atom. The van der Waals surface area contributed by atoms with Crippen LogP contribution in [0.2, 0.25) is 0 Å². The molecule has 1 amide bonds. The van der Waals surface area contributed by atoms with Crippen LogP contribution in [0.25, 0.3) is 0 Å². The van der Waals surface area contributed by atoms with Crippen molar-refractivity contribution in [1.29, 1.82) is 0 Å². The summed E-state index contributed by atoms with van der Waals surface area (Å²) in [5, 5.41) is 2.75. The molecule has 0 heterocycles. The minimum atomic E-state index is -0.358. The van der Waals surface area contributed by atoms with Crippen LogP contribution in [0.3, 0.4) is 0 Å². The Bertz CT molecular complexity index is 127. The van der Waals surface area contributed by atoms with Gasteiger partial charge in [0.15, 0.2) is 0 Å². The molecule has 72 valence electrons. The zero-order valence-electron chi connectivity index (χ0n) is 7.68. The number of hydrogen-bond acceptors (Lipinski definition) is 3. The molecule has 5 N–H and O–H groups in total. The van der Waals surface area contributed by atoms with Crippen molar-refractivity contribution >= 4 is 5.91 Å². The molecule has 0 aliphatic rings. The van der Waals surface area contributed by atoms with E-state index in [4.69, 9.17) is 11.5 Å². The van der Waals surface area contributed by atoms with Gasteiger partial charge >= 0.3 is 0 Å². The normalized spacial score (nSPS) is 12.6. The fourth-order valence-electron chi connectivity index (χ4n) is 0.797. The van der Waals surface area contributed by atoms with Crippen molar-refractivity contribution in [3.8, 4) is 0 Å². The lowest BCUT2D eigenvalue weighted by Crippen LogP contribution is -2.40. The van der Waals surface area contributed by atoms with Gasteiger partial charge in [-0.3, -0.25) is 4.79 Å². The summed E-state index contributed by atoms with van der Waals surface area (Å²) in [5.41, 5.74) is 10.8. The SMILES string of the molecule is CC[C@H](N)C(=O)NCCCCN. The van der Waals surface area contributed by atoms with Crippen LogP contribution in [0.1, 0.15) is 26.2 Å². The highest BCUT2D eigenvalue weighted by Crippen LogP contribution is 1.87. The number of unbranched alkanes of at least 4 members (excludes halogenated alkanes) is 1. The lowest BCUT2D eigenvalue weighted by molar-refractivity contribution is -0.122. The van der Waals surface area contributed by atoms with Crippen LogP contribution in [0.5, 0.6) is 0 Å². The highest BCUT2D eigenvalue weighted by molar-refractivity contribution is 5.81. The fourth-order valence-corrected chi connectivity index (χ4v) is 0.797. The van der Waals surface area contributed by atoms with E-state index in [9.17, 15) is 4.79 Å². The van der Waals surface area contributed by atoms with Crippen LogP contribution in [0, 0.1) is 0 Å². The van der Waals surface area contributed by atoms with E-state index in [2.05, 4.69) is 5.32 Å². The average molecular weight is 173 g/mol. The number of nitrogens with two attached hydrogens (primary N) is 2. The molecular weight excluding hydrogens is 154 g/mol. The van der Waals surface area contributed by atoms with Crippen molar-refractivity contribution in [2.45, 2.75) is 32.2 Å². The highest BCUT2D eigenvalue weighted by Gasteiger charge is 2.08. The number of nitrogens with one attached hydrogen (secondary N) is 1. The molecule has 1 atom stereocenters. The van der Waals surface area contributed by atoms with Gasteiger partial charge < -0.3 is 16.8 Å². The summed E-state index contributed by atoms with van der Waals surface area (Å²) in [6.07, 6.45) is 2.56. The topological polar surface area (TPSA) is 81.1 Å². The molecule has 0 aromatic heterocycles. The Morgan fingerprint density at radius 1 is 1.50 bits per heavy atom. The Labute approximate surface area is 73.7 Å². The van der Waals surface area contributed by atoms with E-state index in [0.717, 1.165) is 12.8 Å². The second kappa shape index (κ2) is 7.06. The van der Waals surface area contributed by atoms with Crippen molar-refractivity contribution in [3.63, 3.8) is 0 Å². The van der Waals surface area contributed by atoms with Crippen LogP contribution in [0.15, 0.2) is 0 Å². The number of carbonyl (C=O) groups excluding carboxylic acids is 1. The summed E-state index contributed by atoms with van der Waals surface area (Å²) >= 11 is 0. The smallest absolute Gasteiger partial charge is 0.236 e. The predicted octanol–water partition coefficient (Wildman–Crippen LogP) is -0.421. The summed E-state index contributed by atoms with van der Waals surface area (Å²) in [5.74, 6) is -0.0606. The molecule has 0 saturated heterocycles. The first kappa shape index (κ1) is 11.4. The molecule has 4 heteroatoms. The van der Waals surface area contributed by atoms with Gasteiger partial charge in [0, 0.05) is 6.54 Å². The third-order valence-electron chi connectivity index (χ3n) is 1.71. The quantitative estimate of drug-likeness (QED) is 0.477. The summed E-state index contributed by atoms with van der Waals surface area (Å²) in [4.78, 5) is 11.1. The summed E-state index contributed by atoms with van der Waals surface area (Å²) in [7, 11) is 0. The molecule has 0 radical (unpaired) electrons. The first-order valence-electron chi connectivity index (χ1n) is 4.45. The van der Waals surface area contributed by atoms with E-state index in [1.54, 1.807) is 0 Å². The van der Waals surface area contributed by atoms with Gasteiger partial charge in [-0.15, -0.1) is 0 Å². The molecule has 0 saturated carbocycles. The van der Waals surface area contributed by atoms with Gasteiger partial charge in [-0.1, -0.05) is 6.92 Å². The van der Waals surface area contributed by atoms with Gasteiger partial charge in [0.1, 0.15) is 0 Å². The first-order chi connectivity index (χ1) is 5.72. The Balaban J connectivity index is 3.31. The largest absolute Gasteiger partial charge is 0.355 e. The van der Waals surface area contributed by atoms with Crippen LogP contribution >= 0.6 is 0 Å². The number of rotatable bonds is 6. The first-order valence-corrected chi connectivity index (χ1v) is 4.45. The molecular formula is C8H19N3O. The minimum absolute atomic E-state index is 0.0606. The van der Waals surface area contributed by atoms with Gasteiger partial charge in [0.25, 0.3) is 0 Å². The minimum Gasteiger partial charge on any atom is -0.355 e. The molecule has 12 heavy (non-hydrogen) atoms. The lowest BCUT2D eigenvalue weighted by atomic mass is 10.2. The van der Waals surface area contributed by atoms with Crippen LogP contribution in [-0.2, 0) is 4.79 Å². The van der Waals surface area contributed by atoms with Crippen molar-refractivity contribution in [3.05, 3.63) is 0 Å². The molecule has 0 rings (SSSR count). The van der Waals surface area contributed by atoms with E-state index in [0.29, 0.717) is 19.5 Å². The van der Waals surface area contributed by atoms with Gasteiger partial charge in [0.2, 0.25) is 5.91 Å². The third-order valence-corrected chi connectivity index (χ3v) is 1.71. The molecule has 0 aliphatic carbocycles. The lowest BCUT2D eigenvalue weighted by Gasteiger charge is -2.09. The van der Waals surface area contributed by atoms with Crippen LogP contribution < -0.4 is 16.8 Å². The fraction of sp³-hybridized carbons (Fsp3) is 0.875. The Kier molecular flexibility index (Phi) is 6.70.